The molecule has 28 heavy (non-hydrogen) atoms. The summed E-state index contributed by atoms with van der Waals surface area (Å²) in [5.74, 6) is 6.34. The summed E-state index contributed by atoms with van der Waals surface area (Å²) in [6.45, 7) is 7.70. The van der Waals surface area contributed by atoms with E-state index in [1.54, 1.807) is 10.9 Å². The molecular weight excluding hydrogens is 350 g/mol. The molecule has 4 rings (SSSR count). The molecule has 1 aromatic carbocycles. The number of anilines is 1. The number of nitrogens with one attached hydrogen (secondary N) is 1. The number of likely N-dealkylation sites (tertiary alicyclic amines) is 1. The number of carbonyl (C=O) groups is 1. The van der Waals surface area contributed by atoms with Crippen LogP contribution in [0, 0.1) is 17.8 Å². The van der Waals surface area contributed by atoms with Gasteiger partial charge in [0.05, 0.1) is 17.7 Å². The maximum Gasteiger partial charge on any atom is 0.328 e. The van der Waals surface area contributed by atoms with Gasteiger partial charge in [-0.3, -0.25) is 4.57 Å². The Hall–Kier alpha value is -2.52. The lowest BCUT2D eigenvalue weighted by molar-refractivity contribution is -0.00912. The van der Waals surface area contributed by atoms with Crippen molar-refractivity contribution in [1.82, 2.24) is 19.8 Å². The number of fused-ring (bicyclic) bond motifs is 1. The minimum Gasteiger partial charge on any atom is -0.370 e. The first-order valence-electron chi connectivity index (χ1n) is 10.2. The highest BCUT2D eigenvalue weighted by atomic mass is 16.2. The van der Waals surface area contributed by atoms with Crippen LogP contribution in [-0.4, -0.2) is 59.2 Å². The van der Waals surface area contributed by atoms with E-state index in [-0.39, 0.29) is 6.03 Å². The van der Waals surface area contributed by atoms with E-state index < -0.39 is 0 Å². The molecule has 0 saturated carbocycles. The molecule has 0 unspecified atom stereocenters. The van der Waals surface area contributed by atoms with Crippen molar-refractivity contribution in [2.75, 3.05) is 38.1 Å². The van der Waals surface area contributed by atoms with Crippen LogP contribution in [0.1, 0.15) is 33.1 Å². The number of benzene rings is 1. The average molecular weight is 380 g/mol. The lowest BCUT2D eigenvalue weighted by Crippen LogP contribution is -2.62. The second-order valence-corrected chi connectivity index (χ2v) is 8.28. The molecule has 1 amide bonds. The molecule has 0 radical (unpaired) electrons. The molecule has 0 bridgehead atoms. The number of rotatable bonds is 2. The fourth-order valence-electron chi connectivity index (χ4n) is 4.35. The van der Waals surface area contributed by atoms with Crippen LogP contribution in [0.3, 0.4) is 0 Å². The smallest absolute Gasteiger partial charge is 0.328 e. The standard InChI is InChI=1S/C22H29N5O/c1-17(2)6-5-12-23-21(28)27-16-24-20-18(7-4-8-19(20)27)26-14-10-22(11-15-26)9-13-25(22)3/h4,7-8,16-17H,9-15H2,1-3H3,(H,23,28). The number of nitrogens with zero attached hydrogens (tertiary/aromatic N) is 4. The summed E-state index contributed by atoms with van der Waals surface area (Å²) in [6.07, 6.45) is 5.31. The highest BCUT2D eigenvalue weighted by Crippen LogP contribution is 2.40. The number of para-hydroxylation sites is 1. The van der Waals surface area contributed by atoms with Gasteiger partial charge in [-0.1, -0.05) is 31.8 Å². The zero-order valence-electron chi connectivity index (χ0n) is 17.0. The van der Waals surface area contributed by atoms with E-state index in [1.807, 2.05) is 26.0 Å². The Morgan fingerprint density at radius 1 is 1.25 bits per heavy atom. The summed E-state index contributed by atoms with van der Waals surface area (Å²) in [5.41, 5.74) is 3.28. The molecule has 0 aliphatic carbocycles. The van der Waals surface area contributed by atoms with Crippen molar-refractivity contribution in [2.45, 2.75) is 38.6 Å². The van der Waals surface area contributed by atoms with Crippen molar-refractivity contribution in [2.24, 2.45) is 5.92 Å². The molecular formula is C22H29N5O. The molecule has 2 saturated heterocycles. The van der Waals surface area contributed by atoms with Crippen molar-refractivity contribution >= 4 is 22.8 Å². The zero-order valence-corrected chi connectivity index (χ0v) is 17.0. The number of carbonyl (C=O) groups excluding carboxylic acids is 1. The van der Waals surface area contributed by atoms with Crippen LogP contribution in [0.4, 0.5) is 10.5 Å². The molecule has 1 aromatic heterocycles. The quantitative estimate of drug-likeness (QED) is 0.815. The number of piperidine rings is 1. The van der Waals surface area contributed by atoms with Gasteiger partial charge in [0.2, 0.25) is 0 Å². The summed E-state index contributed by atoms with van der Waals surface area (Å²) in [4.78, 5) is 22.0. The summed E-state index contributed by atoms with van der Waals surface area (Å²) in [5, 5.41) is 2.85. The first kappa shape index (κ1) is 18.8. The van der Waals surface area contributed by atoms with Crippen LogP contribution >= 0.6 is 0 Å². The third-order valence-corrected chi connectivity index (χ3v) is 6.25. The Labute approximate surface area is 166 Å². The van der Waals surface area contributed by atoms with E-state index in [0.29, 0.717) is 18.0 Å². The monoisotopic (exact) mass is 379 g/mol. The topological polar surface area (TPSA) is 53.4 Å². The number of hydrogen-bond acceptors (Lipinski definition) is 4. The molecule has 0 atom stereocenters. The normalized spacial score (nSPS) is 18.8. The Kier molecular flexibility index (Phi) is 5.03. The van der Waals surface area contributed by atoms with Gasteiger partial charge in [0.15, 0.2) is 0 Å². The third kappa shape index (κ3) is 3.35. The van der Waals surface area contributed by atoms with E-state index >= 15 is 0 Å². The van der Waals surface area contributed by atoms with Crippen LogP contribution < -0.4 is 10.2 Å². The fourth-order valence-corrected chi connectivity index (χ4v) is 4.35. The first-order chi connectivity index (χ1) is 13.5. The molecule has 3 heterocycles. The largest absolute Gasteiger partial charge is 0.370 e. The predicted molar refractivity (Wildman–Crippen MR) is 113 cm³/mol. The molecule has 6 heteroatoms. The maximum absolute atomic E-state index is 12.5. The average Bonchev–Trinajstić information content (AvgIpc) is 3.14. The maximum atomic E-state index is 12.5. The van der Waals surface area contributed by atoms with Crippen molar-refractivity contribution < 1.29 is 4.79 Å². The highest BCUT2D eigenvalue weighted by molar-refractivity contribution is 5.95. The van der Waals surface area contributed by atoms with Crippen molar-refractivity contribution in [3.8, 4) is 11.8 Å². The molecule has 6 nitrogen and oxygen atoms in total. The molecule has 2 aliphatic heterocycles. The molecule has 1 spiro atoms. The third-order valence-electron chi connectivity index (χ3n) is 6.25. The van der Waals surface area contributed by atoms with Crippen LogP contribution in [0.25, 0.3) is 11.0 Å². The van der Waals surface area contributed by atoms with Crippen LogP contribution in [-0.2, 0) is 0 Å². The Bertz CT molecular complexity index is 927. The molecule has 2 fully saturated rings. The van der Waals surface area contributed by atoms with Gasteiger partial charge in [0.25, 0.3) is 0 Å². The van der Waals surface area contributed by atoms with E-state index in [0.717, 1.165) is 29.8 Å². The van der Waals surface area contributed by atoms with Crippen molar-refractivity contribution in [3.63, 3.8) is 0 Å². The number of amides is 1. The van der Waals surface area contributed by atoms with E-state index in [4.69, 9.17) is 0 Å². The Balaban J connectivity index is 1.50. The van der Waals surface area contributed by atoms with Gasteiger partial charge in [-0.25, -0.2) is 9.78 Å². The summed E-state index contributed by atoms with van der Waals surface area (Å²) in [7, 11) is 2.24. The van der Waals surface area contributed by atoms with Gasteiger partial charge in [-0.15, -0.1) is 0 Å². The fraction of sp³-hybridized carbons (Fsp3) is 0.545. The minimum atomic E-state index is -0.189. The summed E-state index contributed by atoms with van der Waals surface area (Å²) in [6, 6.07) is 5.90. The van der Waals surface area contributed by atoms with Gasteiger partial charge in [0.1, 0.15) is 11.8 Å². The Morgan fingerprint density at radius 3 is 2.64 bits per heavy atom. The lowest BCUT2D eigenvalue weighted by Gasteiger charge is -2.55. The number of imidazole rings is 1. The van der Waals surface area contributed by atoms with Crippen molar-refractivity contribution in [1.29, 1.82) is 0 Å². The van der Waals surface area contributed by atoms with Gasteiger partial charge in [-0.2, -0.15) is 0 Å². The highest BCUT2D eigenvalue weighted by Gasteiger charge is 2.44. The molecule has 1 N–H and O–H groups in total. The van der Waals surface area contributed by atoms with Gasteiger partial charge in [0, 0.05) is 31.1 Å². The SMILES string of the molecule is CC(C)C#CCNC(=O)n1cnc2c(N3CCC4(CC3)CCN4C)cccc21. The lowest BCUT2D eigenvalue weighted by atomic mass is 9.77. The second-order valence-electron chi connectivity index (χ2n) is 8.28. The second kappa shape index (κ2) is 7.48. The molecule has 2 aromatic rings. The molecule has 2 aliphatic rings. The Morgan fingerprint density at radius 2 is 2.00 bits per heavy atom. The van der Waals surface area contributed by atoms with Crippen LogP contribution in [0.5, 0.6) is 0 Å². The summed E-state index contributed by atoms with van der Waals surface area (Å²) >= 11 is 0. The van der Waals surface area contributed by atoms with Gasteiger partial charge < -0.3 is 15.1 Å². The van der Waals surface area contributed by atoms with Crippen LogP contribution in [0.15, 0.2) is 24.5 Å². The molecule has 148 valence electrons. The van der Waals surface area contributed by atoms with Gasteiger partial charge in [-0.05, 0) is 38.4 Å². The first-order valence-corrected chi connectivity index (χ1v) is 10.2. The van der Waals surface area contributed by atoms with Gasteiger partial charge >= 0.3 is 6.03 Å². The number of hydrogen-bond donors (Lipinski definition) is 1. The number of aromatic nitrogens is 2. The van der Waals surface area contributed by atoms with Crippen LogP contribution in [0.2, 0.25) is 0 Å². The van der Waals surface area contributed by atoms with E-state index in [2.05, 4.69) is 45.1 Å². The minimum absolute atomic E-state index is 0.189. The van der Waals surface area contributed by atoms with E-state index in [9.17, 15) is 4.79 Å². The predicted octanol–water partition coefficient (Wildman–Crippen LogP) is 2.93. The van der Waals surface area contributed by atoms with E-state index in [1.165, 1.54) is 25.8 Å². The summed E-state index contributed by atoms with van der Waals surface area (Å²) < 4.78 is 1.58. The van der Waals surface area contributed by atoms with Crippen molar-refractivity contribution in [3.05, 3.63) is 24.5 Å². The zero-order chi connectivity index (χ0) is 19.7.